The fraction of sp³-hybridized carbons (Fsp3) is 0.407. The average Bonchev–Trinajstić information content (AvgIpc) is 3.40. The number of aromatic nitrogens is 3. The molecule has 1 aliphatic rings. The summed E-state index contributed by atoms with van der Waals surface area (Å²) in [7, 11) is 0. The number of hydrogen-bond acceptors (Lipinski definition) is 3. The van der Waals surface area contributed by atoms with Gasteiger partial charge in [-0.25, -0.2) is 4.52 Å². The van der Waals surface area contributed by atoms with Crippen LogP contribution >= 0.6 is 0 Å². The van der Waals surface area contributed by atoms with Crippen LogP contribution < -0.4 is 5.73 Å². The maximum absolute atomic E-state index is 11.3. The molecule has 0 saturated carbocycles. The van der Waals surface area contributed by atoms with Crippen molar-refractivity contribution in [1.82, 2.24) is 19.5 Å². The van der Waals surface area contributed by atoms with Gasteiger partial charge < -0.3 is 10.7 Å². The number of nitrogens with two attached hydrogens (primary N) is 1. The van der Waals surface area contributed by atoms with Crippen LogP contribution in [0.3, 0.4) is 0 Å². The fourth-order valence-electron chi connectivity index (χ4n) is 5.52. The molecule has 0 aliphatic carbocycles. The number of aryl methyl sites for hydroxylation is 1. The molecule has 1 fully saturated rings. The Balaban J connectivity index is 1.56. The van der Waals surface area contributed by atoms with Gasteiger partial charge in [-0.05, 0) is 92.1 Å². The van der Waals surface area contributed by atoms with Crippen LogP contribution in [0.2, 0.25) is 0 Å². The van der Waals surface area contributed by atoms with E-state index in [1.54, 1.807) is 0 Å². The molecule has 172 valence electrons. The van der Waals surface area contributed by atoms with Gasteiger partial charge in [-0.15, -0.1) is 0 Å². The second-order valence-corrected chi connectivity index (χ2v) is 9.84. The lowest BCUT2D eigenvalue weighted by Gasteiger charge is -2.31. The van der Waals surface area contributed by atoms with Gasteiger partial charge in [-0.3, -0.25) is 9.69 Å². The molecule has 4 aromatic rings. The van der Waals surface area contributed by atoms with Gasteiger partial charge in [-0.2, -0.15) is 5.10 Å². The molecule has 1 saturated heterocycles. The Morgan fingerprint density at radius 1 is 1.18 bits per heavy atom. The van der Waals surface area contributed by atoms with Crippen LogP contribution in [0.5, 0.6) is 0 Å². The largest absolute Gasteiger partial charge is 0.369 e. The van der Waals surface area contributed by atoms with Crippen LogP contribution in [0.15, 0.2) is 36.7 Å². The predicted molar refractivity (Wildman–Crippen MR) is 134 cm³/mol. The van der Waals surface area contributed by atoms with E-state index in [9.17, 15) is 4.79 Å². The number of piperidine rings is 1. The first-order chi connectivity index (χ1) is 15.8. The van der Waals surface area contributed by atoms with E-state index in [4.69, 9.17) is 5.73 Å². The zero-order chi connectivity index (χ0) is 23.3. The highest BCUT2D eigenvalue weighted by molar-refractivity contribution is 5.93. The smallest absolute Gasteiger partial charge is 0.231 e. The summed E-state index contributed by atoms with van der Waals surface area (Å²) in [5.41, 5.74) is 15.4. The van der Waals surface area contributed by atoms with Gasteiger partial charge in [0.2, 0.25) is 5.91 Å². The second-order valence-electron chi connectivity index (χ2n) is 9.84. The van der Waals surface area contributed by atoms with Crippen LogP contribution in [0, 0.1) is 13.8 Å². The SMILES string of the molecule is Cc1c(-c2[nH]c3ccc(C4CCN(CC(N)=O)CC4)cc3c2C(C)C)cn2nccc2c1C. The van der Waals surface area contributed by atoms with Gasteiger partial charge in [0.1, 0.15) is 0 Å². The topological polar surface area (TPSA) is 79.4 Å². The number of carbonyl (C=O) groups excluding carboxylic acids is 1. The molecule has 1 amide bonds. The number of benzene rings is 1. The zero-order valence-corrected chi connectivity index (χ0v) is 20.0. The summed E-state index contributed by atoms with van der Waals surface area (Å²) < 4.78 is 1.98. The summed E-state index contributed by atoms with van der Waals surface area (Å²) in [6, 6.07) is 8.98. The monoisotopic (exact) mass is 443 g/mol. The number of rotatable bonds is 5. The number of fused-ring (bicyclic) bond motifs is 2. The van der Waals surface area contributed by atoms with Gasteiger partial charge in [0.05, 0.1) is 17.8 Å². The highest BCUT2D eigenvalue weighted by Crippen LogP contribution is 2.40. The van der Waals surface area contributed by atoms with Crippen LogP contribution in [0.4, 0.5) is 0 Å². The summed E-state index contributed by atoms with van der Waals surface area (Å²) in [6.07, 6.45) is 6.13. The zero-order valence-electron chi connectivity index (χ0n) is 20.0. The summed E-state index contributed by atoms with van der Waals surface area (Å²) in [4.78, 5) is 17.2. The van der Waals surface area contributed by atoms with Crippen molar-refractivity contribution in [3.8, 4) is 11.3 Å². The Labute approximate surface area is 194 Å². The standard InChI is InChI=1S/C27H33N5O/c1-16(2)26-21-13-20(19-8-11-31(12-9-19)15-25(28)33)5-6-23(21)30-27(26)22-14-32-24(7-10-29-32)18(4)17(22)3/h5-7,10,13-14,16,19,30H,8-9,11-12,15H2,1-4H3,(H2,28,33). The molecular formula is C27H33N5O. The Kier molecular flexibility index (Phi) is 5.49. The number of aromatic amines is 1. The molecule has 0 atom stereocenters. The number of hydrogen-bond donors (Lipinski definition) is 2. The maximum atomic E-state index is 11.3. The minimum absolute atomic E-state index is 0.241. The van der Waals surface area contributed by atoms with Crippen LogP contribution in [-0.2, 0) is 4.79 Å². The first-order valence-corrected chi connectivity index (χ1v) is 11.9. The third-order valence-electron chi connectivity index (χ3n) is 7.42. The number of primary amides is 1. The molecule has 1 aromatic carbocycles. The van der Waals surface area contributed by atoms with Crippen molar-refractivity contribution in [3.05, 3.63) is 58.9 Å². The van der Waals surface area contributed by atoms with E-state index in [2.05, 4.69) is 73.1 Å². The van der Waals surface area contributed by atoms with Crippen molar-refractivity contribution < 1.29 is 4.79 Å². The number of H-pyrrole nitrogens is 1. The lowest BCUT2D eigenvalue weighted by molar-refractivity contribution is -0.119. The van der Waals surface area contributed by atoms with E-state index in [-0.39, 0.29) is 5.91 Å². The normalized spacial score (nSPS) is 15.8. The molecule has 3 aromatic heterocycles. The van der Waals surface area contributed by atoms with Gasteiger partial charge in [0, 0.05) is 28.9 Å². The van der Waals surface area contributed by atoms with E-state index < -0.39 is 0 Å². The molecule has 0 bridgehead atoms. The van der Waals surface area contributed by atoms with E-state index in [1.807, 2.05) is 10.7 Å². The Hall–Kier alpha value is -3.12. The number of nitrogens with one attached hydrogen (secondary N) is 1. The average molecular weight is 444 g/mol. The molecule has 4 heterocycles. The molecule has 1 aliphatic heterocycles. The number of carbonyl (C=O) groups is 1. The van der Waals surface area contributed by atoms with Crippen molar-refractivity contribution in [3.63, 3.8) is 0 Å². The maximum Gasteiger partial charge on any atom is 0.231 e. The Morgan fingerprint density at radius 2 is 1.94 bits per heavy atom. The predicted octanol–water partition coefficient (Wildman–Crippen LogP) is 4.89. The highest BCUT2D eigenvalue weighted by Gasteiger charge is 2.24. The minimum atomic E-state index is -0.241. The minimum Gasteiger partial charge on any atom is -0.369 e. The van der Waals surface area contributed by atoms with Crippen molar-refractivity contribution in [1.29, 1.82) is 0 Å². The molecular weight excluding hydrogens is 410 g/mol. The van der Waals surface area contributed by atoms with Crippen molar-refractivity contribution in [2.45, 2.75) is 52.4 Å². The molecule has 0 radical (unpaired) electrons. The van der Waals surface area contributed by atoms with E-state index in [1.165, 1.54) is 44.4 Å². The Bertz CT molecular complexity index is 1340. The molecule has 5 rings (SSSR count). The lowest BCUT2D eigenvalue weighted by Crippen LogP contribution is -2.39. The van der Waals surface area contributed by atoms with E-state index in [0.717, 1.165) is 31.4 Å². The van der Waals surface area contributed by atoms with Gasteiger partial charge in [0.25, 0.3) is 0 Å². The van der Waals surface area contributed by atoms with Crippen LogP contribution in [0.25, 0.3) is 27.7 Å². The van der Waals surface area contributed by atoms with Crippen LogP contribution in [-0.4, -0.2) is 45.0 Å². The van der Waals surface area contributed by atoms with Crippen molar-refractivity contribution in [2.75, 3.05) is 19.6 Å². The highest BCUT2D eigenvalue weighted by atomic mass is 16.1. The number of nitrogens with zero attached hydrogens (tertiary/aromatic N) is 3. The summed E-state index contributed by atoms with van der Waals surface area (Å²) >= 11 is 0. The van der Waals surface area contributed by atoms with E-state index in [0.29, 0.717) is 18.4 Å². The summed E-state index contributed by atoms with van der Waals surface area (Å²) in [5, 5.41) is 5.82. The van der Waals surface area contributed by atoms with Crippen molar-refractivity contribution in [2.24, 2.45) is 5.73 Å². The fourth-order valence-corrected chi connectivity index (χ4v) is 5.52. The third kappa shape index (κ3) is 3.82. The summed E-state index contributed by atoms with van der Waals surface area (Å²) in [5.74, 6) is 0.658. The molecule has 6 heteroatoms. The van der Waals surface area contributed by atoms with Gasteiger partial charge in [-0.1, -0.05) is 19.9 Å². The molecule has 33 heavy (non-hydrogen) atoms. The molecule has 0 spiro atoms. The Morgan fingerprint density at radius 3 is 2.64 bits per heavy atom. The number of pyridine rings is 1. The van der Waals surface area contributed by atoms with Crippen molar-refractivity contribution >= 4 is 22.3 Å². The summed E-state index contributed by atoms with van der Waals surface area (Å²) in [6.45, 7) is 11.1. The van der Waals surface area contributed by atoms with Gasteiger partial charge in [0.15, 0.2) is 0 Å². The van der Waals surface area contributed by atoms with Crippen LogP contribution in [0.1, 0.15) is 60.8 Å². The quantitative estimate of drug-likeness (QED) is 0.461. The molecule has 0 unspecified atom stereocenters. The second kappa shape index (κ2) is 8.34. The van der Waals surface area contributed by atoms with Gasteiger partial charge >= 0.3 is 0 Å². The first-order valence-electron chi connectivity index (χ1n) is 11.9. The molecule has 6 nitrogen and oxygen atoms in total. The number of amides is 1. The van der Waals surface area contributed by atoms with E-state index >= 15 is 0 Å². The number of likely N-dealkylation sites (tertiary alicyclic amines) is 1. The lowest BCUT2D eigenvalue weighted by atomic mass is 9.87. The molecule has 3 N–H and O–H groups in total. The third-order valence-corrected chi connectivity index (χ3v) is 7.42. The first kappa shape index (κ1) is 21.7.